The molecular formula is C11H18ClN3O. The Labute approximate surface area is 101 Å². The Balaban J connectivity index is 2.64. The molecule has 0 saturated heterocycles. The lowest BCUT2D eigenvalue weighted by atomic mass is 10.3. The Morgan fingerprint density at radius 1 is 1.50 bits per heavy atom. The summed E-state index contributed by atoms with van der Waals surface area (Å²) in [6, 6.07) is 3.71. The van der Waals surface area contributed by atoms with E-state index in [4.69, 9.17) is 22.1 Å². The molecule has 1 aromatic rings. The first-order valence-electron chi connectivity index (χ1n) is 5.33. The molecule has 2 N–H and O–H groups in total. The van der Waals surface area contributed by atoms with Gasteiger partial charge in [0.25, 0.3) is 0 Å². The highest BCUT2D eigenvalue weighted by Crippen LogP contribution is 2.17. The van der Waals surface area contributed by atoms with Crippen molar-refractivity contribution in [2.24, 2.45) is 5.73 Å². The van der Waals surface area contributed by atoms with Crippen LogP contribution in [0.3, 0.4) is 0 Å². The SMILES string of the molecule is CCOCCN(C)c1ccc(Cl)c(CN)n1. The molecule has 0 aromatic carbocycles. The number of hydrogen-bond donors (Lipinski definition) is 1. The summed E-state index contributed by atoms with van der Waals surface area (Å²) >= 11 is 5.94. The van der Waals surface area contributed by atoms with E-state index in [1.54, 1.807) is 0 Å². The van der Waals surface area contributed by atoms with E-state index in [0.717, 1.165) is 24.7 Å². The molecule has 1 aromatic heterocycles. The fourth-order valence-electron chi connectivity index (χ4n) is 1.29. The number of anilines is 1. The van der Waals surface area contributed by atoms with Crippen LogP contribution in [0.15, 0.2) is 12.1 Å². The van der Waals surface area contributed by atoms with E-state index in [0.29, 0.717) is 18.2 Å². The summed E-state index contributed by atoms with van der Waals surface area (Å²) in [7, 11) is 1.97. The minimum absolute atomic E-state index is 0.353. The third-order valence-corrected chi connectivity index (χ3v) is 2.61. The van der Waals surface area contributed by atoms with Crippen molar-refractivity contribution in [1.82, 2.24) is 4.98 Å². The van der Waals surface area contributed by atoms with Crippen LogP contribution in [0, 0.1) is 0 Å². The van der Waals surface area contributed by atoms with Crippen molar-refractivity contribution in [3.05, 3.63) is 22.8 Å². The number of pyridine rings is 1. The van der Waals surface area contributed by atoms with Crippen molar-refractivity contribution in [3.63, 3.8) is 0 Å². The topological polar surface area (TPSA) is 51.4 Å². The Morgan fingerprint density at radius 3 is 2.88 bits per heavy atom. The largest absolute Gasteiger partial charge is 0.380 e. The van der Waals surface area contributed by atoms with Gasteiger partial charge in [0, 0.05) is 26.7 Å². The van der Waals surface area contributed by atoms with Crippen molar-refractivity contribution >= 4 is 17.4 Å². The summed E-state index contributed by atoms with van der Waals surface area (Å²) < 4.78 is 5.29. The summed E-state index contributed by atoms with van der Waals surface area (Å²) in [5, 5.41) is 0.615. The molecule has 1 heterocycles. The average Bonchev–Trinajstić information content (AvgIpc) is 2.30. The maximum atomic E-state index is 5.94. The predicted octanol–water partition coefficient (Wildman–Crippen LogP) is 1.67. The smallest absolute Gasteiger partial charge is 0.128 e. The normalized spacial score (nSPS) is 10.5. The van der Waals surface area contributed by atoms with E-state index in [-0.39, 0.29) is 0 Å². The zero-order valence-corrected chi connectivity index (χ0v) is 10.5. The second-order valence-electron chi connectivity index (χ2n) is 3.42. The van der Waals surface area contributed by atoms with Crippen molar-refractivity contribution < 1.29 is 4.74 Å². The van der Waals surface area contributed by atoms with Crippen LogP contribution in [0.4, 0.5) is 5.82 Å². The van der Waals surface area contributed by atoms with Gasteiger partial charge in [-0.2, -0.15) is 0 Å². The lowest BCUT2D eigenvalue weighted by Gasteiger charge is -2.18. The Hall–Kier alpha value is -0.840. The molecule has 0 aliphatic heterocycles. The highest BCUT2D eigenvalue weighted by molar-refractivity contribution is 6.31. The minimum atomic E-state index is 0.353. The van der Waals surface area contributed by atoms with Gasteiger partial charge in [-0.05, 0) is 19.1 Å². The zero-order valence-electron chi connectivity index (χ0n) is 9.74. The molecule has 0 atom stereocenters. The minimum Gasteiger partial charge on any atom is -0.380 e. The van der Waals surface area contributed by atoms with E-state index in [2.05, 4.69) is 4.98 Å². The summed E-state index contributed by atoms with van der Waals surface area (Å²) in [6.45, 7) is 4.55. The number of ether oxygens (including phenoxy) is 1. The number of rotatable bonds is 6. The standard InChI is InChI=1S/C11H18ClN3O/c1-3-16-7-6-15(2)11-5-4-9(12)10(8-13)14-11/h4-5H,3,6-8,13H2,1-2H3. The first-order valence-corrected chi connectivity index (χ1v) is 5.71. The fraction of sp³-hybridized carbons (Fsp3) is 0.545. The Kier molecular flexibility index (Phi) is 5.52. The number of halogens is 1. The van der Waals surface area contributed by atoms with E-state index in [1.165, 1.54) is 0 Å². The van der Waals surface area contributed by atoms with Gasteiger partial charge in [-0.15, -0.1) is 0 Å². The van der Waals surface area contributed by atoms with Gasteiger partial charge < -0.3 is 15.4 Å². The number of likely N-dealkylation sites (N-methyl/N-ethyl adjacent to an activating group) is 1. The van der Waals surface area contributed by atoms with Gasteiger partial charge >= 0.3 is 0 Å². The molecule has 5 heteroatoms. The van der Waals surface area contributed by atoms with Gasteiger partial charge in [0.15, 0.2) is 0 Å². The van der Waals surface area contributed by atoms with Gasteiger partial charge in [-0.3, -0.25) is 0 Å². The predicted molar refractivity (Wildman–Crippen MR) is 66.9 cm³/mol. The fourth-order valence-corrected chi connectivity index (χ4v) is 1.47. The van der Waals surface area contributed by atoms with Crippen molar-refractivity contribution in [1.29, 1.82) is 0 Å². The Morgan fingerprint density at radius 2 is 2.25 bits per heavy atom. The molecule has 0 aliphatic carbocycles. The van der Waals surface area contributed by atoms with Crippen LogP contribution in [0.25, 0.3) is 0 Å². The molecule has 90 valence electrons. The zero-order chi connectivity index (χ0) is 12.0. The van der Waals surface area contributed by atoms with Gasteiger partial charge in [0.1, 0.15) is 5.82 Å². The third kappa shape index (κ3) is 3.63. The maximum absolute atomic E-state index is 5.94. The molecule has 0 fully saturated rings. The molecule has 0 amide bonds. The van der Waals surface area contributed by atoms with E-state index < -0.39 is 0 Å². The molecule has 0 bridgehead atoms. The van der Waals surface area contributed by atoms with Gasteiger partial charge in [0.2, 0.25) is 0 Å². The van der Waals surface area contributed by atoms with Crippen LogP contribution < -0.4 is 10.6 Å². The summed E-state index contributed by atoms with van der Waals surface area (Å²) in [5.41, 5.74) is 6.28. The number of aromatic nitrogens is 1. The number of nitrogens with zero attached hydrogens (tertiary/aromatic N) is 2. The number of nitrogens with two attached hydrogens (primary N) is 1. The molecular weight excluding hydrogens is 226 g/mol. The van der Waals surface area contributed by atoms with E-state index >= 15 is 0 Å². The van der Waals surface area contributed by atoms with Gasteiger partial charge in [-0.1, -0.05) is 11.6 Å². The molecule has 0 radical (unpaired) electrons. The summed E-state index contributed by atoms with van der Waals surface area (Å²) in [6.07, 6.45) is 0. The molecule has 4 nitrogen and oxygen atoms in total. The van der Waals surface area contributed by atoms with Crippen molar-refractivity contribution in [2.75, 3.05) is 31.7 Å². The molecule has 16 heavy (non-hydrogen) atoms. The average molecular weight is 244 g/mol. The van der Waals surface area contributed by atoms with E-state index in [9.17, 15) is 0 Å². The second kappa shape index (κ2) is 6.68. The quantitative estimate of drug-likeness (QED) is 0.773. The van der Waals surface area contributed by atoms with Crippen LogP contribution >= 0.6 is 11.6 Å². The lowest BCUT2D eigenvalue weighted by Crippen LogP contribution is -2.24. The number of hydrogen-bond acceptors (Lipinski definition) is 4. The molecule has 1 rings (SSSR count). The second-order valence-corrected chi connectivity index (χ2v) is 3.83. The highest BCUT2D eigenvalue weighted by Gasteiger charge is 2.06. The third-order valence-electron chi connectivity index (χ3n) is 2.26. The molecule has 0 aliphatic rings. The lowest BCUT2D eigenvalue weighted by molar-refractivity contribution is 0.154. The van der Waals surface area contributed by atoms with Crippen LogP contribution in [-0.2, 0) is 11.3 Å². The first-order chi connectivity index (χ1) is 7.69. The van der Waals surface area contributed by atoms with Crippen molar-refractivity contribution in [2.45, 2.75) is 13.5 Å². The summed E-state index contributed by atoms with van der Waals surface area (Å²) in [5.74, 6) is 0.865. The van der Waals surface area contributed by atoms with Crippen LogP contribution in [0.5, 0.6) is 0 Å². The first kappa shape index (κ1) is 13.2. The molecule has 0 saturated carbocycles. The highest BCUT2D eigenvalue weighted by atomic mass is 35.5. The van der Waals surface area contributed by atoms with Crippen molar-refractivity contribution in [3.8, 4) is 0 Å². The Bertz CT molecular complexity index is 333. The summed E-state index contributed by atoms with van der Waals surface area (Å²) in [4.78, 5) is 6.40. The van der Waals surface area contributed by atoms with Crippen LogP contribution in [-0.4, -0.2) is 31.8 Å². The molecule has 0 spiro atoms. The van der Waals surface area contributed by atoms with Gasteiger partial charge in [0.05, 0.1) is 17.3 Å². The van der Waals surface area contributed by atoms with Gasteiger partial charge in [-0.25, -0.2) is 4.98 Å². The molecule has 0 unspecified atom stereocenters. The van der Waals surface area contributed by atoms with Crippen LogP contribution in [0.1, 0.15) is 12.6 Å². The maximum Gasteiger partial charge on any atom is 0.128 e. The van der Waals surface area contributed by atoms with E-state index in [1.807, 2.05) is 31.0 Å². The van der Waals surface area contributed by atoms with Crippen LogP contribution in [0.2, 0.25) is 5.02 Å². The monoisotopic (exact) mass is 243 g/mol.